The van der Waals surface area contributed by atoms with Crippen LogP contribution < -0.4 is 10.1 Å². The largest absolute Gasteiger partial charge is 0.497 e. The van der Waals surface area contributed by atoms with E-state index in [1.165, 1.54) is 0 Å². The summed E-state index contributed by atoms with van der Waals surface area (Å²) in [5.74, 6) is 0.733. The van der Waals surface area contributed by atoms with E-state index in [0.29, 0.717) is 13.2 Å². The SMILES string of the molecule is COc1cccc(C(O)COCC2CNCCO2)c1. The molecule has 19 heavy (non-hydrogen) atoms. The van der Waals surface area contributed by atoms with Crippen LogP contribution in [-0.4, -0.2) is 51.2 Å². The normalized spacial score (nSPS) is 21.1. The van der Waals surface area contributed by atoms with Crippen LogP contribution in [0.4, 0.5) is 0 Å². The van der Waals surface area contributed by atoms with Crippen molar-refractivity contribution in [2.75, 3.05) is 40.0 Å². The highest BCUT2D eigenvalue weighted by atomic mass is 16.5. The molecule has 106 valence electrons. The fourth-order valence-electron chi connectivity index (χ4n) is 1.98. The highest BCUT2D eigenvalue weighted by Gasteiger charge is 2.15. The van der Waals surface area contributed by atoms with E-state index >= 15 is 0 Å². The summed E-state index contributed by atoms with van der Waals surface area (Å²) in [5.41, 5.74) is 0.794. The molecule has 5 heteroatoms. The average Bonchev–Trinajstić information content (AvgIpc) is 2.48. The monoisotopic (exact) mass is 267 g/mol. The first kappa shape index (κ1) is 14.3. The number of methoxy groups -OCH3 is 1. The predicted octanol–water partition coefficient (Wildman–Crippen LogP) is 0.734. The Hall–Kier alpha value is -1.14. The van der Waals surface area contributed by atoms with Crippen molar-refractivity contribution < 1.29 is 19.3 Å². The van der Waals surface area contributed by atoms with E-state index in [9.17, 15) is 5.11 Å². The molecule has 1 aromatic rings. The zero-order chi connectivity index (χ0) is 13.5. The first-order valence-electron chi connectivity index (χ1n) is 6.51. The Kier molecular flexibility index (Phi) is 5.60. The molecule has 0 aromatic heterocycles. The number of hydrogen-bond donors (Lipinski definition) is 2. The molecule has 0 bridgehead atoms. The van der Waals surface area contributed by atoms with Gasteiger partial charge in [0, 0.05) is 13.1 Å². The Labute approximate surface area is 113 Å². The fraction of sp³-hybridized carbons (Fsp3) is 0.571. The number of aliphatic hydroxyl groups excluding tert-OH is 1. The lowest BCUT2D eigenvalue weighted by Gasteiger charge is -2.24. The van der Waals surface area contributed by atoms with Gasteiger partial charge in [0.15, 0.2) is 0 Å². The van der Waals surface area contributed by atoms with Gasteiger partial charge in [-0.1, -0.05) is 12.1 Å². The molecule has 2 atom stereocenters. The van der Waals surface area contributed by atoms with Crippen molar-refractivity contribution in [3.8, 4) is 5.75 Å². The lowest BCUT2D eigenvalue weighted by Crippen LogP contribution is -2.41. The quantitative estimate of drug-likeness (QED) is 0.796. The van der Waals surface area contributed by atoms with Crippen molar-refractivity contribution in [1.29, 1.82) is 0 Å². The van der Waals surface area contributed by atoms with Crippen LogP contribution in [0.3, 0.4) is 0 Å². The van der Waals surface area contributed by atoms with E-state index in [-0.39, 0.29) is 12.7 Å². The zero-order valence-corrected chi connectivity index (χ0v) is 11.2. The van der Waals surface area contributed by atoms with Crippen molar-refractivity contribution in [2.24, 2.45) is 0 Å². The smallest absolute Gasteiger partial charge is 0.119 e. The molecular formula is C14H21NO4. The van der Waals surface area contributed by atoms with Crippen LogP contribution in [0.2, 0.25) is 0 Å². The minimum Gasteiger partial charge on any atom is -0.497 e. The van der Waals surface area contributed by atoms with Crippen molar-refractivity contribution >= 4 is 0 Å². The second-order valence-corrected chi connectivity index (χ2v) is 4.53. The van der Waals surface area contributed by atoms with E-state index in [1.807, 2.05) is 24.3 Å². The molecule has 1 aliphatic heterocycles. The van der Waals surface area contributed by atoms with Gasteiger partial charge >= 0.3 is 0 Å². The molecule has 0 radical (unpaired) electrons. The number of nitrogens with one attached hydrogen (secondary N) is 1. The molecule has 1 saturated heterocycles. The minimum absolute atomic E-state index is 0.0752. The summed E-state index contributed by atoms with van der Waals surface area (Å²) in [6.07, 6.45) is -0.571. The maximum absolute atomic E-state index is 10.0. The van der Waals surface area contributed by atoms with Crippen LogP contribution in [0.1, 0.15) is 11.7 Å². The van der Waals surface area contributed by atoms with Crippen molar-refractivity contribution in [3.05, 3.63) is 29.8 Å². The second-order valence-electron chi connectivity index (χ2n) is 4.53. The van der Waals surface area contributed by atoms with Gasteiger partial charge in [-0.3, -0.25) is 0 Å². The standard InChI is InChI=1S/C14H21NO4/c1-17-12-4-2-3-11(7-12)14(16)10-18-9-13-8-15-5-6-19-13/h2-4,7,13-16H,5-6,8-10H2,1H3. The van der Waals surface area contributed by atoms with Crippen LogP contribution in [0.5, 0.6) is 5.75 Å². The third kappa shape index (κ3) is 4.47. The van der Waals surface area contributed by atoms with Crippen LogP contribution in [0.15, 0.2) is 24.3 Å². The third-order valence-electron chi connectivity index (χ3n) is 3.06. The molecule has 0 amide bonds. The van der Waals surface area contributed by atoms with E-state index in [2.05, 4.69) is 5.32 Å². The molecule has 2 rings (SSSR count). The van der Waals surface area contributed by atoms with Gasteiger partial charge in [-0.2, -0.15) is 0 Å². The Morgan fingerprint density at radius 3 is 3.16 bits per heavy atom. The number of rotatable bonds is 6. The molecule has 1 aliphatic rings. The van der Waals surface area contributed by atoms with Gasteiger partial charge in [0.2, 0.25) is 0 Å². The molecule has 0 saturated carbocycles. The Morgan fingerprint density at radius 1 is 1.53 bits per heavy atom. The van der Waals surface area contributed by atoms with E-state index in [4.69, 9.17) is 14.2 Å². The number of hydrogen-bond acceptors (Lipinski definition) is 5. The van der Waals surface area contributed by atoms with E-state index in [1.54, 1.807) is 7.11 Å². The molecule has 2 N–H and O–H groups in total. The minimum atomic E-state index is -0.647. The summed E-state index contributed by atoms with van der Waals surface area (Å²) < 4.78 is 16.1. The summed E-state index contributed by atoms with van der Waals surface area (Å²) in [6.45, 7) is 3.16. The Balaban J connectivity index is 1.75. The van der Waals surface area contributed by atoms with Gasteiger partial charge in [-0.25, -0.2) is 0 Å². The zero-order valence-electron chi connectivity index (χ0n) is 11.2. The first-order valence-corrected chi connectivity index (χ1v) is 6.51. The topological polar surface area (TPSA) is 60.0 Å². The number of morpholine rings is 1. The summed E-state index contributed by atoms with van der Waals surface area (Å²) in [4.78, 5) is 0. The lowest BCUT2D eigenvalue weighted by atomic mass is 10.1. The molecule has 1 fully saturated rings. The molecular weight excluding hydrogens is 246 g/mol. The molecule has 0 spiro atoms. The summed E-state index contributed by atoms with van der Waals surface area (Å²) in [5, 5.41) is 13.3. The van der Waals surface area contributed by atoms with Crippen molar-refractivity contribution in [2.45, 2.75) is 12.2 Å². The molecule has 0 aliphatic carbocycles. The van der Waals surface area contributed by atoms with Gasteiger partial charge in [0.1, 0.15) is 11.9 Å². The van der Waals surface area contributed by atoms with Gasteiger partial charge in [0.25, 0.3) is 0 Å². The van der Waals surface area contributed by atoms with Crippen LogP contribution in [0.25, 0.3) is 0 Å². The van der Waals surface area contributed by atoms with Gasteiger partial charge in [0.05, 0.1) is 33.0 Å². The van der Waals surface area contributed by atoms with Crippen molar-refractivity contribution in [3.63, 3.8) is 0 Å². The third-order valence-corrected chi connectivity index (χ3v) is 3.06. The first-order chi connectivity index (χ1) is 9.29. The Morgan fingerprint density at radius 2 is 2.42 bits per heavy atom. The second kappa shape index (κ2) is 7.45. The molecule has 1 heterocycles. The highest BCUT2D eigenvalue weighted by Crippen LogP contribution is 2.19. The van der Waals surface area contributed by atoms with Gasteiger partial charge < -0.3 is 24.6 Å². The highest BCUT2D eigenvalue weighted by molar-refractivity contribution is 5.29. The van der Waals surface area contributed by atoms with Crippen LogP contribution in [-0.2, 0) is 9.47 Å². The molecule has 2 unspecified atom stereocenters. The molecule has 5 nitrogen and oxygen atoms in total. The average molecular weight is 267 g/mol. The van der Waals surface area contributed by atoms with Crippen LogP contribution in [0, 0.1) is 0 Å². The van der Waals surface area contributed by atoms with Crippen LogP contribution >= 0.6 is 0 Å². The van der Waals surface area contributed by atoms with Gasteiger partial charge in [-0.05, 0) is 17.7 Å². The predicted molar refractivity (Wildman–Crippen MR) is 71.4 cm³/mol. The number of aliphatic hydroxyl groups is 1. The summed E-state index contributed by atoms with van der Waals surface area (Å²) in [7, 11) is 1.61. The Bertz CT molecular complexity index is 379. The maximum atomic E-state index is 10.0. The summed E-state index contributed by atoms with van der Waals surface area (Å²) in [6, 6.07) is 7.37. The van der Waals surface area contributed by atoms with E-state index < -0.39 is 6.10 Å². The fourth-order valence-corrected chi connectivity index (χ4v) is 1.98. The summed E-state index contributed by atoms with van der Waals surface area (Å²) >= 11 is 0. The molecule has 1 aromatic carbocycles. The number of benzene rings is 1. The number of ether oxygens (including phenoxy) is 3. The van der Waals surface area contributed by atoms with Crippen molar-refractivity contribution in [1.82, 2.24) is 5.32 Å². The maximum Gasteiger partial charge on any atom is 0.119 e. The van der Waals surface area contributed by atoms with E-state index in [0.717, 1.165) is 24.4 Å². The van der Waals surface area contributed by atoms with Gasteiger partial charge in [-0.15, -0.1) is 0 Å². The lowest BCUT2D eigenvalue weighted by molar-refractivity contribution is -0.0501.